The van der Waals surface area contributed by atoms with Crippen molar-refractivity contribution < 1.29 is 14.4 Å². The largest absolute Gasteiger partial charge is 0.356 e. The van der Waals surface area contributed by atoms with E-state index in [0.29, 0.717) is 24.9 Å². The lowest BCUT2D eigenvalue weighted by Crippen LogP contribution is -2.30. The van der Waals surface area contributed by atoms with Gasteiger partial charge in [0.05, 0.1) is 6.42 Å². The van der Waals surface area contributed by atoms with Crippen molar-refractivity contribution in [2.45, 2.75) is 69.4 Å². The lowest BCUT2D eigenvalue weighted by Gasteiger charge is -2.13. The summed E-state index contributed by atoms with van der Waals surface area (Å²) in [4.78, 5) is 41.9. The van der Waals surface area contributed by atoms with Crippen molar-refractivity contribution in [1.29, 1.82) is 0 Å². The Labute approximate surface area is 204 Å². The van der Waals surface area contributed by atoms with E-state index in [1.807, 2.05) is 31.2 Å². The van der Waals surface area contributed by atoms with Crippen molar-refractivity contribution in [3.8, 4) is 0 Å². The molecule has 33 heavy (non-hydrogen) atoms. The monoisotopic (exact) mass is 487 g/mol. The zero-order valence-electron chi connectivity index (χ0n) is 19.6. The third-order valence-electron chi connectivity index (χ3n) is 4.95. The number of aromatic nitrogens is 1. The van der Waals surface area contributed by atoms with Gasteiger partial charge in [-0.05, 0) is 43.0 Å². The fraction of sp³-hybridized carbons (Fsp3) is 0.440. The van der Waals surface area contributed by atoms with E-state index in [1.165, 1.54) is 0 Å². The first-order valence-electron chi connectivity index (χ1n) is 11.4. The lowest BCUT2D eigenvalue weighted by molar-refractivity contribution is -0.121. The summed E-state index contributed by atoms with van der Waals surface area (Å²) in [7, 11) is 3.29. The second kappa shape index (κ2) is 14.8. The molecule has 0 aliphatic heterocycles. The minimum atomic E-state index is -0.391. The summed E-state index contributed by atoms with van der Waals surface area (Å²) in [6.45, 7) is 6.83. The summed E-state index contributed by atoms with van der Waals surface area (Å²) >= 11 is 0. The smallest absolute Gasteiger partial charge is 0.257 e. The normalized spacial score (nSPS) is 11.6. The van der Waals surface area contributed by atoms with Crippen molar-refractivity contribution in [3.63, 3.8) is 0 Å². The van der Waals surface area contributed by atoms with Crippen LogP contribution < -0.4 is 10.6 Å². The first-order chi connectivity index (χ1) is 15.9. The molecule has 2 rings (SSSR count). The first-order valence-corrected chi connectivity index (χ1v) is 13.6. The van der Waals surface area contributed by atoms with Crippen molar-refractivity contribution in [2.75, 3.05) is 6.54 Å². The number of hydrogen-bond acceptors (Lipinski definition) is 6. The van der Waals surface area contributed by atoms with Crippen molar-refractivity contribution in [1.82, 2.24) is 15.6 Å². The van der Waals surface area contributed by atoms with Crippen LogP contribution in [0, 0.1) is 0 Å². The highest BCUT2D eigenvalue weighted by Crippen LogP contribution is 2.38. The number of aryl methyl sites for hydroxylation is 1. The van der Waals surface area contributed by atoms with E-state index in [2.05, 4.69) is 29.5 Å². The number of unbranched alkanes of at least 4 members (excludes halogenated alkanes) is 1. The van der Waals surface area contributed by atoms with E-state index >= 15 is 0 Å². The number of carbonyl (C=O) groups excluding carboxylic acids is 3. The van der Waals surface area contributed by atoms with Crippen LogP contribution in [0.3, 0.4) is 0 Å². The molecule has 1 aromatic heterocycles. The van der Waals surface area contributed by atoms with E-state index < -0.39 is 5.91 Å². The molecule has 0 saturated carbocycles. The number of benzene rings is 1. The van der Waals surface area contributed by atoms with Gasteiger partial charge >= 0.3 is 0 Å². The number of nitrogens with zero attached hydrogens (tertiary/aromatic N) is 1. The maximum absolute atomic E-state index is 12.3. The van der Waals surface area contributed by atoms with Crippen molar-refractivity contribution in [2.24, 2.45) is 0 Å². The fourth-order valence-corrected chi connectivity index (χ4v) is 5.41. The predicted octanol–water partition coefficient (Wildman–Crippen LogP) is 4.97. The van der Waals surface area contributed by atoms with Crippen LogP contribution in [0.25, 0.3) is 0 Å². The Balaban J connectivity index is 1.77. The molecule has 178 valence electrons. The van der Waals surface area contributed by atoms with E-state index in [4.69, 9.17) is 0 Å². The Bertz CT molecular complexity index is 937. The quantitative estimate of drug-likeness (QED) is 0.306. The molecule has 1 heterocycles. The maximum atomic E-state index is 12.3. The van der Waals surface area contributed by atoms with Crippen LogP contribution in [0.5, 0.6) is 0 Å². The molecule has 6 nitrogen and oxygen atoms in total. The van der Waals surface area contributed by atoms with E-state index in [-0.39, 0.29) is 23.5 Å². The maximum Gasteiger partial charge on any atom is 0.257 e. The number of hydrogen-bond donors (Lipinski definition) is 2. The molecule has 0 saturated heterocycles. The molecule has 2 N–H and O–H groups in total. The third-order valence-corrected chi connectivity index (χ3v) is 8.00. The van der Waals surface area contributed by atoms with Gasteiger partial charge in [-0.15, -0.1) is 0 Å². The van der Waals surface area contributed by atoms with Crippen LogP contribution in [0.15, 0.2) is 47.5 Å². The predicted molar refractivity (Wildman–Crippen MR) is 136 cm³/mol. The minimum absolute atomic E-state index is 0.0381. The van der Waals surface area contributed by atoms with Gasteiger partial charge < -0.3 is 5.32 Å². The van der Waals surface area contributed by atoms with Crippen molar-refractivity contribution >= 4 is 39.3 Å². The molecule has 0 bridgehead atoms. The van der Waals surface area contributed by atoms with Gasteiger partial charge in [-0.3, -0.25) is 24.7 Å². The molecule has 0 spiro atoms. The summed E-state index contributed by atoms with van der Waals surface area (Å²) in [6.07, 6.45) is 5.63. The highest BCUT2D eigenvalue weighted by Gasteiger charge is 2.14. The zero-order valence-corrected chi connectivity index (χ0v) is 21.2. The van der Waals surface area contributed by atoms with E-state index in [1.54, 1.807) is 39.9 Å². The molecule has 1 aromatic carbocycles. The number of pyridine rings is 1. The van der Waals surface area contributed by atoms with Gasteiger partial charge in [0.1, 0.15) is 0 Å². The van der Waals surface area contributed by atoms with Gasteiger partial charge in [0, 0.05) is 40.6 Å². The Kier molecular flexibility index (Phi) is 12.0. The highest BCUT2D eigenvalue weighted by atomic mass is 33.1. The van der Waals surface area contributed by atoms with E-state index in [0.717, 1.165) is 35.4 Å². The molecule has 0 aliphatic carbocycles. The SMILES string of the molecule is CCCCNC(=O)Cc1ccccc1SSC(C)CCC(=O)NC(=O)c1ccnc(CC)c1. The van der Waals surface area contributed by atoms with Gasteiger partial charge in [0.25, 0.3) is 5.91 Å². The Morgan fingerprint density at radius 1 is 1.09 bits per heavy atom. The second-order valence-corrected chi connectivity index (χ2v) is 10.5. The fourth-order valence-electron chi connectivity index (χ4n) is 2.96. The summed E-state index contributed by atoms with van der Waals surface area (Å²) in [5, 5.41) is 5.63. The van der Waals surface area contributed by atoms with Gasteiger partial charge in [0.15, 0.2) is 0 Å². The van der Waals surface area contributed by atoms with Crippen LogP contribution in [0.1, 0.15) is 68.1 Å². The van der Waals surface area contributed by atoms with Crippen molar-refractivity contribution in [3.05, 3.63) is 59.4 Å². The highest BCUT2D eigenvalue weighted by molar-refractivity contribution is 8.77. The van der Waals surface area contributed by atoms with Gasteiger partial charge in [-0.2, -0.15) is 0 Å². The first kappa shape index (κ1) is 26.9. The number of amides is 3. The number of imide groups is 1. The van der Waals surface area contributed by atoms with E-state index in [9.17, 15) is 14.4 Å². The minimum Gasteiger partial charge on any atom is -0.356 e. The molecule has 8 heteroatoms. The lowest BCUT2D eigenvalue weighted by atomic mass is 10.1. The van der Waals surface area contributed by atoms with Gasteiger partial charge in [-0.1, -0.05) is 67.0 Å². The standard InChI is InChI=1S/C25H33N3O3S2/c1-4-6-14-27-24(30)17-19-9-7-8-10-22(19)33-32-18(3)11-12-23(29)28-25(31)20-13-15-26-21(5-2)16-20/h7-10,13,15-16,18H,4-6,11-12,14,17H2,1-3H3,(H,27,30)(H,28,29,31). The Morgan fingerprint density at radius 3 is 2.64 bits per heavy atom. The average Bonchev–Trinajstić information content (AvgIpc) is 2.82. The molecule has 2 aromatic rings. The van der Waals surface area contributed by atoms with Gasteiger partial charge in [0.2, 0.25) is 11.8 Å². The zero-order chi connectivity index (χ0) is 24.1. The molecular formula is C25H33N3O3S2. The van der Waals surface area contributed by atoms with Crippen LogP contribution in [-0.4, -0.2) is 34.5 Å². The molecule has 1 unspecified atom stereocenters. The summed E-state index contributed by atoms with van der Waals surface area (Å²) in [6, 6.07) is 11.2. The molecule has 1 atom stereocenters. The Hall–Kier alpha value is -2.32. The Morgan fingerprint density at radius 2 is 1.88 bits per heavy atom. The van der Waals surface area contributed by atoms with Crippen LogP contribution in [0.2, 0.25) is 0 Å². The molecule has 0 aliphatic rings. The van der Waals surface area contributed by atoms with Gasteiger partial charge in [-0.25, -0.2) is 0 Å². The molecular weight excluding hydrogens is 454 g/mol. The van der Waals surface area contributed by atoms with Crippen LogP contribution in [-0.2, 0) is 22.4 Å². The summed E-state index contributed by atoms with van der Waals surface area (Å²) < 4.78 is 0. The topological polar surface area (TPSA) is 88.2 Å². The molecule has 0 fully saturated rings. The summed E-state index contributed by atoms with van der Waals surface area (Å²) in [5.74, 6) is -0.634. The number of rotatable bonds is 13. The molecule has 0 radical (unpaired) electrons. The summed E-state index contributed by atoms with van der Waals surface area (Å²) in [5.41, 5.74) is 2.27. The number of carbonyl (C=O) groups is 3. The third kappa shape index (κ3) is 10.0. The van der Waals surface area contributed by atoms with Crippen LogP contribution in [0.4, 0.5) is 0 Å². The average molecular weight is 488 g/mol. The number of nitrogens with one attached hydrogen (secondary N) is 2. The molecule has 3 amide bonds. The van der Waals surface area contributed by atoms with Crippen LogP contribution >= 0.6 is 21.6 Å². The second-order valence-electron chi connectivity index (χ2n) is 7.78.